The summed E-state index contributed by atoms with van der Waals surface area (Å²) in [5.74, 6) is -5.13. The van der Waals surface area contributed by atoms with Crippen LogP contribution in [0.4, 0.5) is 0 Å². The van der Waals surface area contributed by atoms with E-state index < -0.39 is 66.9 Å². The normalized spacial score (nSPS) is 15.7. The Morgan fingerprint density at radius 2 is 1.34 bits per heavy atom. The molecule has 0 heterocycles. The number of rotatable bonds is 15. The largest absolute Gasteiger partial charge is 0.481 e. The van der Waals surface area contributed by atoms with Crippen LogP contribution in [0.5, 0.6) is 0 Å². The maximum atomic E-state index is 12.6. The Morgan fingerprint density at radius 3 is 1.78 bits per heavy atom. The summed E-state index contributed by atoms with van der Waals surface area (Å²) in [6, 6.07) is -4.86. The topological polar surface area (TPSA) is 208 Å². The van der Waals surface area contributed by atoms with E-state index in [1.807, 2.05) is 6.92 Å². The number of hydrogen-bond acceptors (Lipinski definition) is 7. The minimum atomic E-state index is -1.45. The number of carboxylic acids is 2. The van der Waals surface area contributed by atoms with Crippen molar-refractivity contribution in [2.24, 2.45) is 17.6 Å². The second-order valence-corrected chi connectivity index (χ2v) is 8.18. The van der Waals surface area contributed by atoms with Crippen molar-refractivity contribution >= 4 is 29.7 Å². The average molecular weight is 461 g/mol. The van der Waals surface area contributed by atoms with Crippen molar-refractivity contribution in [3.63, 3.8) is 0 Å². The molecule has 0 aliphatic carbocycles. The molecule has 184 valence electrons. The van der Waals surface area contributed by atoms with E-state index in [1.54, 1.807) is 20.8 Å². The fraction of sp³-hybridized carbons (Fsp3) is 0.750. The smallest absolute Gasteiger partial charge is 0.326 e. The van der Waals surface area contributed by atoms with Gasteiger partial charge in [0.2, 0.25) is 17.7 Å². The Hall–Kier alpha value is -2.73. The molecule has 0 aliphatic rings. The zero-order valence-corrected chi connectivity index (χ0v) is 19.0. The summed E-state index contributed by atoms with van der Waals surface area (Å²) in [7, 11) is 0. The Labute approximate surface area is 187 Å². The summed E-state index contributed by atoms with van der Waals surface area (Å²) in [4.78, 5) is 59.5. The highest BCUT2D eigenvalue weighted by molar-refractivity contribution is 5.94. The minimum Gasteiger partial charge on any atom is -0.481 e. The van der Waals surface area contributed by atoms with Crippen LogP contribution in [0.3, 0.4) is 0 Å². The van der Waals surface area contributed by atoms with E-state index in [-0.39, 0.29) is 24.7 Å². The lowest BCUT2D eigenvalue weighted by Crippen LogP contribution is -2.58. The van der Waals surface area contributed by atoms with Crippen molar-refractivity contribution in [2.75, 3.05) is 6.61 Å². The van der Waals surface area contributed by atoms with E-state index in [9.17, 15) is 34.2 Å². The summed E-state index contributed by atoms with van der Waals surface area (Å²) >= 11 is 0. The van der Waals surface area contributed by atoms with Crippen LogP contribution < -0.4 is 21.7 Å². The molecule has 8 N–H and O–H groups in total. The van der Waals surface area contributed by atoms with E-state index in [4.69, 9.17) is 10.8 Å². The molecule has 32 heavy (non-hydrogen) atoms. The van der Waals surface area contributed by atoms with Crippen LogP contribution in [-0.2, 0) is 24.0 Å². The predicted molar refractivity (Wildman–Crippen MR) is 114 cm³/mol. The summed E-state index contributed by atoms with van der Waals surface area (Å²) in [5.41, 5.74) is 5.84. The fourth-order valence-electron chi connectivity index (χ4n) is 2.75. The third kappa shape index (κ3) is 10.5. The zero-order valence-electron chi connectivity index (χ0n) is 19.0. The van der Waals surface area contributed by atoms with Crippen LogP contribution in [0, 0.1) is 11.8 Å². The van der Waals surface area contributed by atoms with Gasteiger partial charge in [-0.2, -0.15) is 0 Å². The predicted octanol–water partition coefficient (Wildman–Crippen LogP) is -1.20. The highest BCUT2D eigenvalue weighted by Gasteiger charge is 2.31. The Bertz CT molecular complexity index is 670. The molecular weight excluding hydrogens is 424 g/mol. The van der Waals surface area contributed by atoms with Crippen molar-refractivity contribution in [3.05, 3.63) is 0 Å². The van der Waals surface area contributed by atoms with Crippen molar-refractivity contribution in [1.29, 1.82) is 0 Å². The molecule has 12 heteroatoms. The van der Waals surface area contributed by atoms with E-state index in [2.05, 4.69) is 16.0 Å². The molecule has 0 saturated carbocycles. The molecule has 0 saturated heterocycles. The first kappa shape index (κ1) is 29.3. The molecule has 0 spiro atoms. The van der Waals surface area contributed by atoms with Crippen LogP contribution >= 0.6 is 0 Å². The summed E-state index contributed by atoms with van der Waals surface area (Å²) < 4.78 is 0. The van der Waals surface area contributed by atoms with E-state index in [0.29, 0.717) is 6.42 Å². The molecule has 3 amide bonds. The van der Waals surface area contributed by atoms with Gasteiger partial charge in [0.15, 0.2) is 0 Å². The number of carboxylic acid groups (broad SMARTS) is 2. The average Bonchev–Trinajstić information content (AvgIpc) is 2.71. The SMILES string of the molecule is CCC(C)C(N)C(=O)NC(CO)C(=O)NC(CC(C)C)C(=O)NC(CCC(=O)O)C(=O)O. The van der Waals surface area contributed by atoms with Gasteiger partial charge in [-0.15, -0.1) is 0 Å². The molecule has 0 aromatic carbocycles. The quantitative estimate of drug-likeness (QED) is 0.156. The molecular formula is C20H36N4O8. The monoisotopic (exact) mass is 460 g/mol. The van der Waals surface area contributed by atoms with Gasteiger partial charge >= 0.3 is 11.9 Å². The Balaban J connectivity index is 5.31. The number of nitrogens with two attached hydrogens (primary N) is 1. The van der Waals surface area contributed by atoms with Crippen LogP contribution in [0.25, 0.3) is 0 Å². The third-order valence-corrected chi connectivity index (χ3v) is 4.98. The van der Waals surface area contributed by atoms with Gasteiger partial charge in [-0.25, -0.2) is 4.79 Å². The second kappa shape index (κ2) is 14.4. The number of aliphatic carboxylic acids is 2. The maximum absolute atomic E-state index is 12.6. The molecule has 0 bridgehead atoms. The van der Waals surface area contributed by atoms with Crippen molar-refractivity contribution in [2.45, 2.75) is 77.5 Å². The molecule has 0 radical (unpaired) electrons. The number of nitrogens with one attached hydrogen (secondary N) is 3. The van der Waals surface area contributed by atoms with Gasteiger partial charge in [-0.1, -0.05) is 34.1 Å². The molecule has 0 rings (SSSR count). The minimum absolute atomic E-state index is 0.0747. The van der Waals surface area contributed by atoms with Gasteiger partial charge in [0.05, 0.1) is 12.6 Å². The first-order valence-electron chi connectivity index (χ1n) is 10.6. The number of amides is 3. The van der Waals surface area contributed by atoms with Gasteiger partial charge in [0, 0.05) is 6.42 Å². The number of carbonyl (C=O) groups is 5. The molecule has 5 unspecified atom stereocenters. The number of hydrogen-bond donors (Lipinski definition) is 7. The lowest BCUT2D eigenvalue weighted by atomic mass is 9.99. The van der Waals surface area contributed by atoms with Gasteiger partial charge < -0.3 is 37.0 Å². The van der Waals surface area contributed by atoms with Crippen molar-refractivity contribution in [1.82, 2.24) is 16.0 Å². The van der Waals surface area contributed by atoms with E-state index >= 15 is 0 Å². The third-order valence-electron chi connectivity index (χ3n) is 4.98. The fourth-order valence-corrected chi connectivity index (χ4v) is 2.75. The molecule has 0 aliphatic heterocycles. The lowest BCUT2D eigenvalue weighted by Gasteiger charge is -2.26. The standard InChI is InChI=1S/C20H36N4O8/c1-5-11(4)16(21)19(30)24-14(9-25)18(29)23-13(8-10(2)3)17(28)22-12(20(31)32)6-7-15(26)27/h10-14,16,25H,5-9,21H2,1-4H3,(H,22,28)(H,23,29)(H,24,30)(H,26,27)(H,31,32). The molecule has 0 aromatic rings. The van der Waals surface area contributed by atoms with Crippen molar-refractivity contribution in [3.8, 4) is 0 Å². The van der Waals surface area contributed by atoms with Crippen LogP contribution in [-0.4, -0.2) is 75.8 Å². The number of carbonyl (C=O) groups excluding carboxylic acids is 3. The van der Waals surface area contributed by atoms with Gasteiger partial charge in [0.25, 0.3) is 0 Å². The molecule has 0 aromatic heterocycles. The second-order valence-electron chi connectivity index (χ2n) is 8.18. The summed E-state index contributed by atoms with van der Waals surface area (Å²) in [5, 5.41) is 34.5. The van der Waals surface area contributed by atoms with Crippen LogP contribution in [0.2, 0.25) is 0 Å². The van der Waals surface area contributed by atoms with Gasteiger partial charge in [-0.3, -0.25) is 19.2 Å². The molecule has 5 atom stereocenters. The van der Waals surface area contributed by atoms with Gasteiger partial charge in [-0.05, 0) is 24.7 Å². The van der Waals surface area contributed by atoms with E-state index in [1.165, 1.54) is 0 Å². The first-order chi connectivity index (χ1) is 14.8. The van der Waals surface area contributed by atoms with Crippen molar-refractivity contribution < 1.29 is 39.3 Å². The van der Waals surface area contributed by atoms with Crippen LogP contribution in [0.15, 0.2) is 0 Å². The number of aliphatic hydroxyl groups is 1. The highest BCUT2D eigenvalue weighted by Crippen LogP contribution is 2.08. The van der Waals surface area contributed by atoms with Crippen LogP contribution in [0.1, 0.15) is 53.4 Å². The molecule has 12 nitrogen and oxygen atoms in total. The first-order valence-corrected chi connectivity index (χ1v) is 10.6. The zero-order chi connectivity index (χ0) is 25.0. The Morgan fingerprint density at radius 1 is 0.844 bits per heavy atom. The van der Waals surface area contributed by atoms with Gasteiger partial charge in [0.1, 0.15) is 18.1 Å². The highest BCUT2D eigenvalue weighted by atomic mass is 16.4. The summed E-state index contributed by atoms with van der Waals surface area (Å²) in [6.45, 7) is 6.44. The Kier molecular flexibility index (Phi) is 13.1. The van der Waals surface area contributed by atoms with E-state index in [0.717, 1.165) is 0 Å². The summed E-state index contributed by atoms with van der Waals surface area (Å²) in [6.07, 6.45) is -0.0236. The lowest BCUT2D eigenvalue weighted by molar-refractivity contribution is -0.143. The molecule has 0 fully saturated rings. The maximum Gasteiger partial charge on any atom is 0.326 e. The number of aliphatic hydroxyl groups excluding tert-OH is 1.